The molecular formula is C11H19N3. The first-order valence-electron chi connectivity index (χ1n) is 6.05. The summed E-state index contributed by atoms with van der Waals surface area (Å²) in [5.41, 5.74) is 0.878. The van der Waals surface area contributed by atoms with Crippen molar-refractivity contribution in [2.24, 2.45) is 5.92 Å². The Labute approximate surface area is 85.0 Å². The van der Waals surface area contributed by atoms with Crippen molar-refractivity contribution >= 4 is 0 Å². The molecule has 5 fully saturated rings. The molecule has 0 aromatic carbocycles. The van der Waals surface area contributed by atoms with Gasteiger partial charge >= 0.3 is 0 Å². The number of fused-ring (bicyclic) bond motifs is 4. The van der Waals surface area contributed by atoms with Crippen LogP contribution in [0.5, 0.6) is 0 Å². The van der Waals surface area contributed by atoms with Crippen LogP contribution < -0.4 is 16.0 Å². The zero-order valence-corrected chi connectivity index (χ0v) is 8.60. The van der Waals surface area contributed by atoms with E-state index >= 15 is 0 Å². The van der Waals surface area contributed by atoms with E-state index < -0.39 is 0 Å². The van der Waals surface area contributed by atoms with Gasteiger partial charge in [-0.05, 0) is 38.1 Å². The van der Waals surface area contributed by atoms with Gasteiger partial charge < -0.3 is 16.0 Å². The first-order chi connectivity index (χ1) is 6.82. The molecule has 3 nitrogen and oxygen atoms in total. The van der Waals surface area contributed by atoms with E-state index in [9.17, 15) is 0 Å². The van der Waals surface area contributed by atoms with E-state index in [0.717, 1.165) is 12.0 Å². The highest BCUT2D eigenvalue weighted by Crippen LogP contribution is 2.51. The first kappa shape index (κ1) is 8.08. The zero-order chi connectivity index (χ0) is 9.23. The van der Waals surface area contributed by atoms with Crippen LogP contribution in [0.25, 0.3) is 0 Å². The fourth-order valence-corrected chi connectivity index (χ4v) is 4.42. The Balaban J connectivity index is 1.68. The zero-order valence-electron chi connectivity index (χ0n) is 8.60. The predicted octanol–water partition coefficient (Wildman–Crippen LogP) is -0.168. The molecule has 4 aliphatic heterocycles. The van der Waals surface area contributed by atoms with E-state index in [0.29, 0.717) is 11.1 Å². The number of hydrogen-bond donors (Lipinski definition) is 3. The maximum atomic E-state index is 3.83. The van der Waals surface area contributed by atoms with Crippen LogP contribution >= 0.6 is 0 Å². The normalized spacial score (nSPS) is 60.0. The summed E-state index contributed by atoms with van der Waals surface area (Å²) in [4.78, 5) is 0. The third-order valence-corrected chi connectivity index (χ3v) is 5.15. The molecule has 78 valence electrons. The molecule has 1 saturated carbocycles. The standard InChI is InChI=1S/C11H19N3/c1-2-10(3-8(1)5-13-10)11-4-9(14-11)6-12-7-11/h8-9,12-14H,1-7H2. The molecule has 4 heterocycles. The second-order valence-electron chi connectivity index (χ2n) is 5.83. The van der Waals surface area contributed by atoms with E-state index in [4.69, 9.17) is 0 Å². The van der Waals surface area contributed by atoms with Gasteiger partial charge in [-0.15, -0.1) is 0 Å². The molecule has 3 N–H and O–H groups in total. The van der Waals surface area contributed by atoms with Crippen molar-refractivity contribution in [2.75, 3.05) is 19.6 Å². The van der Waals surface area contributed by atoms with Crippen molar-refractivity contribution in [1.29, 1.82) is 0 Å². The number of rotatable bonds is 1. The summed E-state index contributed by atoms with van der Waals surface area (Å²) in [6.45, 7) is 3.64. The summed E-state index contributed by atoms with van der Waals surface area (Å²) in [6.07, 6.45) is 5.69. The monoisotopic (exact) mass is 193 g/mol. The molecule has 0 amide bonds. The number of piperazine rings is 1. The van der Waals surface area contributed by atoms with Crippen molar-refractivity contribution in [3.8, 4) is 0 Å². The maximum Gasteiger partial charge on any atom is 0.0508 e. The van der Waals surface area contributed by atoms with Gasteiger partial charge in [0.15, 0.2) is 0 Å². The van der Waals surface area contributed by atoms with E-state index in [1.54, 1.807) is 0 Å². The Kier molecular flexibility index (Phi) is 1.35. The minimum Gasteiger partial charge on any atom is -0.313 e. The van der Waals surface area contributed by atoms with Crippen molar-refractivity contribution in [1.82, 2.24) is 16.0 Å². The van der Waals surface area contributed by atoms with Crippen LogP contribution in [0.1, 0.15) is 25.7 Å². The average molecular weight is 193 g/mol. The number of piperidine rings is 2. The van der Waals surface area contributed by atoms with Gasteiger partial charge in [0.2, 0.25) is 0 Å². The van der Waals surface area contributed by atoms with Crippen LogP contribution in [0.15, 0.2) is 0 Å². The van der Waals surface area contributed by atoms with Crippen LogP contribution in [0.3, 0.4) is 0 Å². The first-order valence-corrected chi connectivity index (χ1v) is 6.05. The van der Waals surface area contributed by atoms with E-state index in [2.05, 4.69) is 16.0 Å². The minimum atomic E-state index is 0.418. The fourth-order valence-electron chi connectivity index (χ4n) is 4.42. The molecule has 1 aliphatic carbocycles. The second-order valence-corrected chi connectivity index (χ2v) is 5.83. The van der Waals surface area contributed by atoms with Crippen LogP contribution in [0, 0.1) is 5.92 Å². The lowest BCUT2D eigenvalue weighted by Crippen LogP contribution is -2.84. The summed E-state index contributed by atoms with van der Waals surface area (Å²) < 4.78 is 0. The quantitative estimate of drug-likeness (QED) is 0.541. The largest absolute Gasteiger partial charge is 0.313 e. The number of hydrogen-bond acceptors (Lipinski definition) is 3. The molecule has 0 radical (unpaired) electrons. The van der Waals surface area contributed by atoms with Gasteiger partial charge in [0.05, 0.1) is 5.54 Å². The lowest BCUT2D eigenvalue weighted by Gasteiger charge is -2.62. The fraction of sp³-hybridized carbons (Fsp3) is 1.00. The highest BCUT2D eigenvalue weighted by Gasteiger charge is 2.63. The molecule has 0 aromatic heterocycles. The van der Waals surface area contributed by atoms with E-state index in [1.807, 2.05) is 0 Å². The van der Waals surface area contributed by atoms with E-state index in [1.165, 1.54) is 45.3 Å². The lowest BCUT2D eigenvalue weighted by molar-refractivity contribution is 0.00433. The van der Waals surface area contributed by atoms with Crippen LogP contribution in [0.4, 0.5) is 0 Å². The van der Waals surface area contributed by atoms with Gasteiger partial charge in [0.1, 0.15) is 0 Å². The minimum absolute atomic E-state index is 0.418. The summed E-state index contributed by atoms with van der Waals surface area (Å²) >= 11 is 0. The SMILES string of the molecule is C1CC2(C34CNCC(C3)N4)CC1CN2. The van der Waals surface area contributed by atoms with Gasteiger partial charge in [-0.2, -0.15) is 0 Å². The van der Waals surface area contributed by atoms with E-state index in [-0.39, 0.29) is 0 Å². The van der Waals surface area contributed by atoms with Crippen LogP contribution in [-0.2, 0) is 0 Å². The summed E-state index contributed by atoms with van der Waals surface area (Å²) in [7, 11) is 0. The van der Waals surface area contributed by atoms with Gasteiger partial charge in [-0.3, -0.25) is 0 Å². The topological polar surface area (TPSA) is 36.1 Å². The van der Waals surface area contributed by atoms with Crippen molar-refractivity contribution in [3.63, 3.8) is 0 Å². The molecule has 3 heteroatoms. The maximum absolute atomic E-state index is 3.83. The summed E-state index contributed by atoms with van der Waals surface area (Å²) in [5, 5.41) is 11.2. The Bertz CT molecular complexity index is 256. The molecule has 4 bridgehead atoms. The molecule has 5 rings (SSSR count). The molecule has 5 aliphatic rings. The molecule has 0 aromatic rings. The Morgan fingerprint density at radius 1 is 1.07 bits per heavy atom. The van der Waals surface area contributed by atoms with Gasteiger partial charge in [-0.25, -0.2) is 0 Å². The highest BCUT2D eigenvalue weighted by atomic mass is 15.3. The van der Waals surface area contributed by atoms with Crippen LogP contribution in [0.2, 0.25) is 0 Å². The smallest absolute Gasteiger partial charge is 0.0508 e. The predicted molar refractivity (Wildman–Crippen MR) is 55.2 cm³/mol. The number of nitrogens with one attached hydrogen (secondary N) is 3. The molecule has 0 spiro atoms. The summed E-state index contributed by atoms with van der Waals surface area (Å²) in [6, 6.07) is 0.763. The molecule has 4 unspecified atom stereocenters. The van der Waals surface area contributed by atoms with Crippen LogP contribution in [-0.4, -0.2) is 36.8 Å². The van der Waals surface area contributed by atoms with Gasteiger partial charge in [0, 0.05) is 24.7 Å². The highest BCUT2D eigenvalue weighted by molar-refractivity contribution is 5.26. The Morgan fingerprint density at radius 3 is 2.50 bits per heavy atom. The third kappa shape index (κ3) is 0.765. The van der Waals surface area contributed by atoms with Crippen molar-refractivity contribution < 1.29 is 0 Å². The third-order valence-electron chi connectivity index (χ3n) is 5.15. The average Bonchev–Trinajstić information content (AvgIpc) is 2.78. The molecule has 4 atom stereocenters. The second kappa shape index (κ2) is 2.34. The molecule has 14 heavy (non-hydrogen) atoms. The van der Waals surface area contributed by atoms with Crippen molar-refractivity contribution in [3.05, 3.63) is 0 Å². The molecule has 4 saturated heterocycles. The Morgan fingerprint density at radius 2 is 2.00 bits per heavy atom. The molecular weight excluding hydrogens is 174 g/mol. The van der Waals surface area contributed by atoms with Gasteiger partial charge in [0.25, 0.3) is 0 Å². The summed E-state index contributed by atoms with van der Waals surface area (Å²) in [5.74, 6) is 0.979. The Hall–Kier alpha value is -0.120. The van der Waals surface area contributed by atoms with Crippen molar-refractivity contribution in [2.45, 2.75) is 42.8 Å². The lowest BCUT2D eigenvalue weighted by atomic mass is 9.64. The van der Waals surface area contributed by atoms with Gasteiger partial charge in [-0.1, -0.05) is 0 Å².